The number of aromatic nitrogens is 5. The summed E-state index contributed by atoms with van der Waals surface area (Å²) in [7, 11) is 0. The van der Waals surface area contributed by atoms with Gasteiger partial charge < -0.3 is 15.0 Å². The van der Waals surface area contributed by atoms with E-state index in [9.17, 15) is 9.90 Å². The third-order valence-electron chi connectivity index (χ3n) is 5.05. The number of aliphatic hydroxyl groups excluding tert-OH is 1. The normalized spacial score (nSPS) is 16.9. The van der Waals surface area contributed by atoms with E-state index in [1.165, 1.54) is 15.6 Å². The number of amides is 1. The number of nitrogens with one attached hydrogen (secondary N) is 1. The lowest BCUT2D eigenvalue weighted by Crippen LogP contribution is -2.39. The number of nitrogens with zero attached hydrogens (tertiary/aromatic N) is 5. The Morgan fingerprint density at radius 1 is 1.42 bits per heavy atom. The van der Waals surface area contributed by atoms with Crippen molar-refractivity contribution in [2.75, 3.05) is 13.1 Å². The molecule has 136 valence electrons. The molecule has 3 aromatic rings. The summed E-state index contributed by atoms with van der Waals surface area (Å²) in [6.45, 7) is 3.24. The molecule has 1 aliphatic heterocycles. The second-order valence-corrected chi connectivity index (χ2v) is 6.82. The summed E-state index contributed by atoms with van der Waals surface area (Å²) >= 11 is 0. The predicted molar refractivity (Wildman–Crippen MR) is 95.3 cm³/mol. The fourth-order valence-corrected chi connectivity index (χ4v) is 3.58. The van der Waals surface area contributed by atoms with Crippen LogP contribution >= 0.6 is 0 Å². The largest absolute Gasteiger partial charge is 0.387 e. The van der Waals surface area contributed by atoms with E-state index in [4.69, 9.17) is 0 Å². The van der Waals surface area contributed by atoms with Gasteiger partial charge in [-0.15, -0.1) is 5.10 Å². The number of pyridine rings is 1. The zero-order valence-electron chi connectivity index (χ0n) is 14.7. The van der Waals surface area contributed by atoms with Crippen LogP contribution in [0.3, 0.4) is 0 Å². The fourth-order valence-electron chi connectivity index (χ4n) is 3.58. The first-order chi connectivity index (χ1) is 12.6. The Bertz CT molecular complexity index is 907. The number of hydrogen-bond donors (Lipinski definition) is 2. The van der Waals surface area contributed by atoms with Crippen LogP contribution in [-0.2, 0) is 11.3 Å². The van der Waals surface area contributed by atoms with Crippen LogP contribution in [0.1, 0.15) is 43.0 Å². The quantitative estimate of drug-likeness (QED) is 0.741. The molecule has 0 bridgehead atoms. The fraction of sp³-hybridized carbons (Fsp3) is 0.444. The molecule has 0 aliphatic carbocycles. The van der Waals surface area contributed by atoms with Gasteiger partial charge >= 0.3 is 0 Å². The van der Waals surface area contributed by atoms with Crippen molar-refractivity contribution in [1.29, 1.82) is 0 Å². The van der Waals surface area contributed by atoms with Crippen LogP contribution in [0.5, 0.6) is 0 Å². The van der Waals surface area contributed by atoms with Gasteiger partial charge in [0.15, 0.2) is 0 Å². The lowest BCUT2D eigenvalue weighted by Gasteiger charge is -2.32. The molecular formula is C18H22N6O2. The molecule has 1 atom stereocenters. The minimum Gasteiger partial charge on any atom is -0.387 e. The molecule has 0 spiro atoms. The van der Waals surface area contributed by atoms with E-state index in [1.54, 1.807) is 19.3 Å². The molecule has 1 aliphatic rings. The van der Waals surface area contributed by atoms with Gasteiger partial charge in [0.25, 0.3) is 0 Å². The Hall–Kier alpha value is -2.74. The zero-order chi connectivity index (χ0) is 18.1. The molecule has 26 heavy (non-hydrogen) atoms. The first kappa shape index (κ1) is 16.7. The predicted octanol–water partition coefficient (Wildman–Crippen LogP) is 1.61. The molecule has 3 aromatic heterocycles. The first-order valence-electron chi connectivity index (χ1n) is 8.89. The minimum atomic E-state index is -0.680. The van der Waals surface area contributed by atoms with E-state index < -0.39 is 6.10 Å². The molecule has 0 aromatic carbocycles. The van der Waals surface area contributed by atoms with Crippen molar-refractivity contribution in [3.63, 3.8) is 0 Å². The van der Waals surface area contributed by atoms with Crippen LogP contribution in [0.15, 0.2) is 30.7 Å². The van der Waals surface area contributed by atoms with E-state index in [2.05, 4.69) is 26.3 Å². The van der Waals surface area contributed by atoms with Crippen molar-refractivity contribution in [3.05, 3.63) is 42.0 Å². The van der Waals surface area contributed by atoms with Crippen LogP contribution in [0, 0.1) is 0 Å². The number of fused-ring (bicyclic) bond motifs is 1. The van der Waals surface area contributed by atoms with Crippen molar-refractivity contribution >= 4 is 16.9 Å². The third-order valence-corrected chi connectivity index (χ3v) is 5.05. The molecule has 1 unspecified atom stereocenters. The molecule has 0 saturated carbocycles. The smallest absolute Gasteiger partial charge is 0.244 e. The average molecular weight is 354 g/mol. The number of carbonyl (C=O) groups excluding carboxylic acids is 1. The molecule has 2 N–H and O–H groups in total. The molecule has 1 fully saturated rings. The highest BCUT2D eigenvalue weighted by Crippen LogP contribution is 2.32. The van der Waals surface area contributed by atoms with Gasteiger partial charge in [0.05, 0.1) is 12.3 Å². The van der Waals surface area contributed by atoms with Gasteiger partial charge in [-0.2, -0.15) is 0 Å². The third kappa shape index (κ3) is 3.20. The second-order valence-electron chi connectivity index (χ2n) is 6.82. The number of aliphatic hydroxyl groups is 1. The Labute approximate surface area is 150 Å². The molecule has 4 rings (SSSR count). The Kier molecular flexibility index (Phi) is 4.42. The highest BCUT2D eigenvalue weighted by atomic mass is 16.3. The van der Waals surface area contributed by atoms with Crippen molar-refractivity contribution in [1.82, 2.24) is 29.9 Å². The lowest BCUT2D eigenvalue weighted by atomic mass is 9.89. The van der Waals surface area contributed by atoms with Gasteiger partial charge in [-0.3, -0.25) is 4.79 Å². The van der Waals surface area contributed by atoms with Gasteiger partial charge in [0.2, 0.25) is 5.91 Å². The van der Waals surface area contributed by atoms with Gasteiger partial charge in [-0.1, -0.05) is 5.21 Å². The molecule has 4 heterocycles. The molecule has 8 heteroatoms. The average Bonchev–Trinajstić information content (AvgIpc) is 3.29. The van der Waals surface area contributed by atoms with Crippen molar-refractivity contribution in [3.8, 4) is 0 Å². The highest BCUT2D eigenvalue weighted by molar-refractivity contribution is 5.80. The van der Waals surface area contributed by atoms with E-state index in [0.29, 0.717) is 11.6 Å². The topological polar surface area (TPSA) is 99.9 Å². The summed E-state index contributed by atoms with van der Waals surface area (Å²) in [6.07, 6.45) is 6.64. The molecular weight excluding hydrogens is 332 g/mol. The molecule has 8 nitrogen and oxygen atoms in total. The maximum Gasteiger partial charge on any atom is 0.244 e. The van der Waals surface area contributed by atoms with Crippen molar-refractivity contribution < 1.29 is 9.90 Å². The standard InChI is InChI=1S/C18H22N6O2/c1-12(25)16-10-24(22-21-16)11-17(26)23-7-4-13(5-8-23)15-9-20-18-14(15)3-2-6-19-18/h2-3,6,9-10,12-13,25H,4-5,7-8,11H2,1H3,(H,19,20). The number of aromatic amines is 1. The monoisotopic (exact) mass is 354 g/mol. The van der Waals surface area contributed by atoms with Gasteiger partial charge in [-0.25, -0.2) is 9.67 Å². The highest BCUT2D eigenvalue weighted by Gasteiger charge is 2.26. The zero-order valence-corrected chi connectivity index (χ0v) is 14.7. The minimum absolute atomic E-state index is 0.0334. The second kappa shape index (κ2) is 6.87. The number of rotatable bonds is 4. The Balaban J connectivity index is 1.37. The number of hydrogen-bond acceptors (Lipinski definition) is 5. The number of H-pyrrole nitrogens is 1. The van der Waals surface area contributed by atoms with E-state index in [1.807, 2.05) is 17.2 Å². The summed E-state index contributed by atoms with van der Waals surface area (Å²) in [4.78, 5) is 22.0. The molecule has 1 amide bonds. The summed E-state index contributed by atoms with van der Waals surface area (Å²) in [5.74, 6) is 0.469. The first-order valence-corrected chi connectivity index (χ1v) is 8.89. The summed E-state index contributed by atoms with van der Waals surface area (Å²) in [6, 6.07) is 4.05. The Morgan fingerprint density at radius 3 is 2.96 bits per heavy atom. The van der Waals surface area contributed by atoms with Gasteiger partial charge in [0, 0.05) is 30.9 Å². The summed E-state index contributed by atoms with van der Waals surface area (Å²) < 4.78 is 1.49. The van der Waals surface area contributed by atoms with Crippen LogP contribution in [0.4, 0.5) is 0 Å². The van der Waals surface area contributed by atoms with Gasteiger partial charge in [-0.05, 0) is 43.4 Å². The number of piperidine rings is 1. The van der Waals surface area contributed by atoms with Crippen molar-refractivity contribution in [2.24, 2.45) is 0 Å². The lowest BCUT2D eigenvalue weighted by molar-refractivity contribution is -0.133. The summed E-state index contributed by atoms with van der Waals surface area (Å²) in [5, 5.41) is 18.4. The van der Waals surface area contributed by atoms with Gasteiger partial charge in [0.1, 0.15) is 17.9 Å². The van der Waals surface area contributed by atoms with Crippen LogP contribution in [0.25, 0.3) is 11.0 Å². The number of likely N-dealkylation sites (tertiary alicyclic amines) is 1. The Morgan fingerprint density at radius 2 is 2.23 bits per heavy atom. The van der Waals surface area contributed by atoms with E-state index >= 15 is 0 Å². The van der Waals surface area contributed by atoms with Crippen molar-refractivity contribution in [2.45, 2.75) is 38.3 Å². The molecule has 0 radical (unpaired) electrons. The van der Waals surface area contributed by atoms with Crippen LogP contribution in [-0.4, -0.2) is 54.0 Å². The number of carbonyl (C=O) groups is 1. The summed E-state index contributed by atoms with van der Waals surface area (Å²) in [5.41, 5.74) is 2.68. The maximum atomic E-state index is 12.5. The van der Waals surface area contributed by atoms with E-state index in [0.717, 1.165) is 31.6 Å². The molecule has 1 saturated heterocycles. The maximum absolute atomic E-state index is 12.5. The van der Waals surface area contributed by atoms with E-state index in [-0.39, 0.29) is 12.5 Å². The SMILES string of the molecule is CC(O)c1cn(CC(=O)N2CCC(c3c[nH]c4ncccc34)CC2)nn1. The van der Waals surface area contributed by atoms with Crippen LogP contribution in [0.2, 0.25) is 0 Å². The van der Waals surface area contributed by atoms with Crippen LogP contribution < -0.4 is 0 Å².